The Morgan fingerprint density at radius 3 is 2.83 bits per heavy atom. The summed E-state index contributed by atoms with van der Waals surface area (Å²) in [5, 5.41) is 11.9. The molecular weight excluding hydrogens is 402 g/mol. The van der Waals surface area contributed by atoms with Gasteiger partial charge in [-0.15, -0.1) is 16.4 Å². The lowest BCUT2D eigenvalue weighted by Gasteiger charge is -2.13. The molecule has 0 saturated heterocycles. The number of benzene rings is 1. The van der Waals surface area contributed by atoms with Gasteiger partial charge in [0.15, 0.2) is 5.84 Å². The Labute approximate surface area is 168 Å². The first-order valence-corrected chi connectivity index (χ1v) is 9.21. The number of aromatic nitrogens is 1. The number of fused-ring (bicyclic) bond motifs is 1. The molecule has 0 radical (unpaired) electrons. The minimum absolute atomic E-state index is 0.0127. The molecular formula is C18H15BF3N5OS. The summed E-state index contributed by atoms with van der Waals surface area (Å²) < 4.78 is 40.3. The van der Waals surface area contributed by atoms with Gasteiger partial charge >= 0.3 is 6.18 Å². The molecule has 1 aromatic carbocycles. The summed E-state index contributed by atoms with van der Waals surface area (Å²) >= 11 is 1.23. The number of anilines is 1. The molecule has 0 aliphatic rings. The fourth-order valence-corrected chi connectivity index (χ4v) is 3.88. The number of amidine groups is 1. The molecule has 6 nitrogen and oxygen atoms in total. The number of nitrogens with zero attached hydrogens (tertiary/aromatic N) is 3. The predicted octanol–water partition coefficient (Wildman–Crippen LogP) is 2.08. The molecule has 3 N–H and O–H groups in total. The van der Waals surface area contributed by atoms with Crippen molar-refractivity contribution in [3.63, 3.8) is 0 Å². The first kappa shape index (κ1) is 20.5. The van der Waals surface area contributed by atoms with Crippen molar-refractivity contribution in [2.75, 3.05) is 5.32 Å². The van der Waals surface area contributed by atoms with E-state index in [1.165, 1.54) is 35.7 Å². The number of halogens is 3. The zero-order chi connectivity index (χ0) is 21.2. The first-order valence-electron chi connectivity index (χ1n) is 8.33. The highest BCUT2D eigenvalue weighted by Crippen LogP contribution is 2.35. The minimum Gasteiger partial charge on any atom is -0.382 e. The van der Waals surface area contributed by atoms with Crippen LogP contribution in [0.15, 0.2) is 46.0 Å². The van der Waals surface area contributed by atoms with Crippen molar-refractivity contribution in [3.8, 4) is 0 Å². The van der Waals surface area contributed by atoms with Gasteiger partial charge in [-0.3, -0.25) is 9.78 Å². The van der Waals surface area contributed by atoms with Gasteiger partial charge in [0.2, 0.25) is 5.91 Å². The fourth-order valence-electron chi connectivity index (χ4n) is 2.91. The molecule has 2 aromatic heterocycles. The van der Waals surface area contributed by atoms with E-state index < -0.39 is 17.6 Å². The van der Waals surface area contributed by atoms with Crippen molar-refractivity contribution in [1.82, 2.24) is 4.98 Å². The molecule has 0 atom stereocenters. The predicted molar refractivity (Wildman–Crippen MR) is 112 cm³/mol. The smallest absolute Gasteiger partial charge is 0.382 e. The number of hydrogen-bond donors (Lipinski definition) is 2. The number of nitrogens with two attached hydrogens (primary N) is 1. The van der Waals surface area contributed by atoms with E-state index in [1.54, 1.807) is 13.2 Å². The van der Waals surface area contributed by atoms with Gasteiger partial charge in [0.05, 0.1) is 17.5 Å². The lowest BCUT2D eigenvalue weighted by molar-refractivity contribution is -0.136. The molecule has 29 heavy (non-hydrogen) atoms. The lowest BCUT2D eigenvalue weighted by Crippen LogP contribution is -2.24. The van der Waals surface area contributed by atoms with Crippen LogP contribution >= 0.6 is 11.3 Å². The van der Waals surface area contributed by atoms with E-state index in [9.17, 15) is 18.0 Å². The number of thiophene rings is 1. The average molecular weight is 417 g/mol. The van der Waals surface area contributed by atoms with Crippen LogP contribution in [0.4, 0.5) is 18.2 Å². The van der Waals surface area contributed by atoms with E-state index in [1.807, 2.05) is 0 Å². The molecule has 0 fully saturated rings. The molecule has 2 heterocycles. The fraction of sp³-hybridized carbons (Fsp3) is 0.111. The first-order chi connectivity index (χ1) is 13.7. The van der Waals surface area contributed by atoms with E-state index in [2.05, 4.69) is 27.2 Å². The van der Waals surface area contributed by atoms with Gasteiger partial charge in [0.25, 0.3) is 0 Å². The van der Waals surface area contributed by atoms with Crippen molar-refractivity contribution < 1.29 is 18.0 Å². The number of rotatable bonds is 5. The van der Waals surface area contributed by atoms with Gasteiger partial charge < -0.3 is 11.1 Å². The summed E-state index contributed by atoms with van der Waals surface area (Å²) in [5.41, 5.74) is 6.68. The topological polar surface area (TPSA) is 92.7 Å². The second-order valence-corrected chi connectivity index (χ2v) is 7.07. The summed E-state index contributed by atoms with van der Waals surface area (Å²) in [6, 6.07) is 5.24. The van der Waals surface area contributed by atoms with Crippen LogP contribution in [-0.2, 0) is 17.4 Å². The summed E-state index contributed by atoms with van der Waals surface area (Å²) in [6.45, 7) is 3.24. The number of amides is 1. The number of carbonyl (C=O) groups is 1. The maximum absolute atomic E-state index is 13.4. The Balaban J connectivity index is 1.90. The molecule has 11 heteroatoms. The maximum atomic E-state index is 13.4. The van der Waals surface area contributed by atoms with E-state index in [4.69, 9.17) is 5.73 Å². The SMILES string of the molecule is Bc1csc(NC(=O)Cc2cc(C(F)(F)F)c3cccnc3c2)c1/C(N)=N/N=C. The number of alkyl halides is 3. The standard InChI is InChI=1S/C18H15BF3N5OS/c1-24-27-16(23)15-12(19)8-29-17(15)26-14(28)7-9-5-11(18(20,21)22)10-3-2-4-25-13(10)6-9/h2-6,8H,1,7,19H2,(H2,23,27)(H,26,28). The lowest BCUT2D eigenvalue weighted by atomic mass is 9.94. The summed E-state index contributed by atoms with van der Waals surface area (Å²) in [6.07, 6.45) is -3.42. The Bertz CT molecular complexity index is 1130. The second-order valence-electron chi connectivity index (χ2n) is 6.19. The van der Waals surface area contributed by atoms with E-state index >= 15 is 0 Å². The van der Waals surface area contributed by atoms with Crippen LogP contribution in [-0.4, -0.2) is 31.3 Å². The normalized spacial score (nSPS) is 12.2. The Kier molecular flexibility index (Phi) is 5.69. The zero-order valence-corrected chi connectivity index (χ0v) is 16.1. The van der Waals surface area contributed by atoms with Crippen molar-refractivity contribution in [3.05, 3.63) is 52.5 Å². The third kappa shape index (κ3) is 4.45. The van der Waals surface area contributed by atoms with Crippen LogP contribution in [0.25, 0.3) is 10.9 Å². The molecule has 3 aromatic rings. The van der Waals surface area contributed by atoms with E-state index in [-0.39, 0.29) is 28.7 Å². The zero-order valence-electron chi connectivity index (χ0n) is 15.2. The molecule has 0 aliphatic carbocycles. The second kappa shape index (κ2) is 8.04. The summed E-state index contributed by atoms with van der Waals surface area (Å²) in [4.78, 5) is 16.5. The molecule has 1 amide bonds. The van der Waals surface area contributed by atoms with Crippen molar-refractivity contribution in [1.29, 1.82) is 0 Å². The number of pyridine rings is 1. The van der Waals surface area contributed by atoms with Crippen LogP contribution in [0.1, 0.15) is 16.7 Å². The van der Waals surface area contributed by atoms with Gasteiger partial charge in [-0.25, -0.2) is 0 Å². The Morgan fingerprint density at radius 2 is 2.14 bits per heavy atom. The molecule has 0 spiro atoms. The van der Waals surface area contributed by atoms with Crippen LogP contribution in [0.5, 0.6) is 0 Å². The van der Waals surface area contributed by atoms with E-state index in [0.717, 1.165) is 11.5 Å². The van der Waals surface area contributed by atoms with Gasteiger partial charge in [-0.05, 0) is 29.1 Å². The van der Waals surface area contributed by atoms with Gasteiger partial charge in [-0.2, -0.15) is 18.3 Å². The molecule has 0 aliphatic heterocycles. The highest BCUT2D eigenvalue weighted by atomic mass is 32.1. The monoisotopic (exact) mass is 417 g/mol. The van der Waals surface area contributed by atoms with Crippen LogP contribution in [0.2, 0.25) is 0 Å². The van der Waals surface area contributed by atoms with Gasteiger partial charge in [0, 0.05) is 23.9 Å². The number of hydrogen-bond acceptors (Lipinski definition) is 5. The van der Waals surface area contributed by atoms with Gasteiger partial charge in [0.1, 0.15) is 12.8 Å². The highest BCUT2D eigenvalue weighted by molar-refractivity contribution is 7.15. The van der Waals surface area contributed by atoms with Crippen LogP contribution in [0.3, 0.4) is 0 Å². The molecule has 148 valence electrons. The molecule has 0 saturated carbocycles. The molecule has 0 unspecified atom stereocenters. The van der Waals surface area contributed by atoms with Crippen molar-refractivity contribution in [2.24, 2.45) is 15.9 Å². The average Bonchev–Trinajstić information content (AvgIpc) is 3.00. The summed E-state index contributed by atoms with van der Waals surface area (Å²) in [5.74, 6) is -0.404. The Morgan fingerprint density at radius 1 is 1.38 bits per heavy atom. The largest absolute Gasteiger partial charge is 0.417 e. The van der Waals surface area contributed by atoms with Gasteiger partial charge in [-0.1, -0.05) is 11.5 Å². The number of carbonyl (C=O) groups excluding carboxylic acids is 1. The maximum Gasteiger partial charge on any atom is 0.417 e. The number of nitrogens with one attached hydrogen (secondary N) is 1. The molecule has 3 rings (SSSR count). The third-order valence-electron chi connectivity index (χ3n) is 4.11. The summed E-state index contributed by atoms with van der Waals surface area (Å²) in [7, 11) is 1.79. The van der Waals surface area contributed by atoms with Crippen molar-refractivity contribution >= 4 is 59.0 Å². The van der Waals surface area contributed by atoms with Crippen LogP contribution < -0.4 is 16.5 Å². The van der Waals surface area contributed by atoms with E-state index in [0.29, 0.717) is 10.6 Å². The third-order valence-corrected chi connectivity index (χ3v) is 5.13. The Hall–Kier alpha value is -3.21. The molecule has 0 bridgehead atoms. The minimum atomic E-state index is -4.56. The highest BCUT2D eigenvalue weighted by Gasteiger charge is 2.33. The van der Waals surface area contributed by atoms with Crippen molar-refractivity contribution in [2.45, 2.75) is 12.6 Å². The quantitative estimate of drug-likeness (QED) is 0.288. The van der Waals surface area contributed by atoms with Crippen LogP contribution in [0, 0.1) is 0 Å².